The summed E-state index contributed by atoms with van der Waals surface area (Å²) < 4.78 is 42.3. The van der Waals surface area contributed by atoms with E-state index in [2.05, 4.69) is 5.32 Å². The van der Waals surface area contributed by atoms with Gasteiger partial charge in [-0.05, 0) is 19.8 Å². The van der Waals surface area contributed by atoms with Crippen LogP contribution in [-0.2, 0) is 6.54 Å². The van der Waals surface area contributed by atoms with Crippen LogP contribution in [-0.4, -0.2) is 39.0 Å². The molecule has 4 rings (SSSR count). The van der Waals surface area contributed by atoms with Crippen LogP contribution in [0.5, 0.6) is 5.75 Å². The first-order valence-electron chi connectivity index (χ1n) is 10.4. The number of carbonyl (C=O) groups excluding carboxylic acids is 2. The Bertz CT molecular complexity index is 1140. The number of aromatic nitrogens is 1. The van der Waals surface area contributed by atoms with E-state index >= 15 is 0 Å². The summed E-state index contributed by atoms with van der Waals surface area (Å²) >= 11 is 0. The molecular formula is C22H22F3N3O4. The van der Waals surface area contributed by atoms with Crippen LogP contribution < -0.4 is 10.7 Å². The Morgan fingerprint density at radius 3 is 2.38 bits per heavy atom. The molecule has 10 heteroatoms. The number of aromatic hydroxyl groups is 1. The van der Waals surface area contributed by atoms with Gasteiger partial charge in [-0.3, -0.25) is 14.4 Å². The van der Waals surface area contributed by atoms with E-state index in [9.17, 15) is 32.7 Å². The van der Waals surface area contributed by atoms with E-state index in [0.29, 0.717) is 25.1 Å². The minimum Gasteiger partial charge on any atom is -0.503 e. The smallest absolute Gasteiger partial charge is 0.274 e. The van der Waals surface area contributed by atoms with Crippen LogP contribution in [0.25, 0.3) is 0 Å². The summed E-state index contributed by atoms with van der Waals surface area (Å²) in [5, 5.41) is 12.8. The maximum Gasteiger partial charge on any atom is 0.274 e. The average molecular weight is 449 g/mol. The van der Waals surface area contributed by atoms with Gasteiger partial charge in [-0.1, -0.05) is 12.8 Å². The summed E-state index contributed by atoms with van der Waals surface area (Å²) in [6, 6.07) is 0.646. The first kappa shape index (κ1) is 21.9. The Kier molecular flexibility index (Phi) is 5.70. The third-order valence-electron chi connectivity index (χ3n) is 6.24. The van der Waals surface area contributed by atoms with Gasteiger partial charge in [0.25, 0.3) is 11.8 Å². The summed E-state index contributed by atoms with van der Waals surface area (Å²) in [5.74, 6) is -5.73. The van der Waals surface area contributed by atoms with Crippen LogP contribution >= 0.6 is 0 Å². The molecule has 0 saturated heterocycles. The zero-order valence-electron chi connectivity index (χ0n) is 17.3. The quantitative estimate of drug-likeness (QED) is 0.751. The van der Waals surface area contributed by atoms with Crippen molar-refractivity contribution in [1.82, 2.24) is 14.8 Å². The third kappa shape index (κ3) is 3.53. The number of fused-ring (bicyclic) bond motifs is 3. The van der Waals surface area contributed by atoms with E-state index in [0.717, 1.165) is 19.3 Å². The molecule has 0 bridgehead atoms. The molecule has 1 aromatic heterocycles. The van der Waals surface area contributed by atoms with E-state index in [1.807, 2.05) is 6.92 Å². The maximum absolute atomic E-state index is 13.9. The Labute approximate surface area is 181 Å². The lowest BCUT2D eigenvalue weighted by molar-refractivity contribution is 0.0442. The predicted molar refractivity (Wildman–Crippen MR) is 108 cm³/mol. The number of likely N-dealkylation sites (N-methyl/N-ethyl adjacent to an activating group) is 1. The maximum atomic E-state index is 13.9. The van der Waals surface area contributed by atoms with E-state index in [-0.39, 0.29) is 17.8 Å². The first-order valence-corrected chi connectivity index (χ1v) is 10.4. The van der Waals surface area contributed by atoms with Crippen molar-refractivity contribution in [3.05, 3.63) is 62.8 Å². The zero-order valence-corrected chi connectivity index (χ0v) is 17.3. The fourth-order valence-electron chi connectivity index (χ4n) is 4.70. The average Bonchev–Trinajstić information content (AvgIpc) is 2.75. The lowest BCUT2D eigenvalue weighted by atomic mass is 9.86. The molecule has 2 amide bonds. The molecule has 2 aromatic rings. The van der Waals surface area contributed by atoms with E-state index in [4.69, 9.17) is 0 Å². The minimum atomic E-state index is -1.18. The molecule has 1 aliphatic carbocycles. The fourth-order valence-corrected chi connectivity index (χ4v) is 4.70. The van der Waals surface area contributed by atoms with Crippen LogP contribution in [0.4, 0.5) is 13.2 Å². The first-order chi connectivity index (χ1) is 15.2. The number of pyridine rings is 1. The molecule has 32 heavy (non-hydrogen) atoms. The van der Waals surface area contributed by atoms with Crippen LogP contribution in [0, 0.1) is 17.5 Å². The highest BCUT2D eigenvalue weighted by molar-refractivity contribution is 5.99. The highest BCUT2D eigenvalue weighted by Gasteiger charge is 2.42. The van der Waals surface area contributed by atoms with Gasteiger partial charge >= 0.3 is 0 Å². The van der Waals surface area contributed by atoms with Gasteiger partial charge in [0.15, 0.2) is 11.4 Å². The number of carbonyl (C=O) groups is 2. The van der Waals surface area contributed by atoms with Crippen molar-refractivity contribution < 1.29 is 27.9 Å². The molecule has 0 radical (unpaired) electrons. The lowest BCUT2D eigenvalue weighted by Gasteiger charge is -2.45. The molecule has 2 atom stereocenters. The zero-order chi connectivity index (χ0) is 23.2. The standard InChI is InChI=1S/C22H22F3N3O4/c1-2-27-16-5-3-4-6-17(16)28-10-13(19(29)20(30)18(28)22(27)32)21(31)26-9-12-14(24)7-11(23)8-15(12)25/h7-8,10,16-17,30H,2-6,9H2,1H3,(H,26,31)/t16-,17+/m1/s1. The minimum absolute atomic E-state index is 0.117. The summed E-state index contributed by atoms with van der Waals surface area (Å²) in [6.45, 7) is 1.61. The van der Waals surface area contributed by atoms with Crippen LogP contribution in [0.3, 0.4) is 0 Å². The molecular weight excluding hydrogens is 427 g/mol. The number of nitrogens with one attached hydrogen (secondary N) is 1. The Hall–Kier alpha value is -3.30. The van der Waals surface area contributed by atoms with E-state index < -0.39 is 58.1 Å². The van der Waals surface area contributed by atoms with Gasteiger partial charge in [0.1, 0.15) is 23.0 Å². The topological polar surface area (TPSA) is 91.6 Å². The van der Waals surface area contributed by atoms with Crippen molar-refractivity contribution in [3.63, 3.8) is 0 Å². The molecule has 170 valence electrons. The largest absolute Gasteiger partial charge is 0.503 e. The number of hydrogen-bond acceptors (Lipinski definition) is 4. The van der Waals surface area contributed by atoms with E-state index in [1.54, 1.807) is 4.90 Å². The predicted octanol–water partition coefficient (Wildman–Crippen LogP) is 2.86. The van der Waals surface area contributed by atoms with Gasteiger partial charge in [-0.25, -0.2) is 13.2 Å². The monoisotopic (exact) mass is 449 g/mol. The highest BCUT2D eigenvalue weighted by atomic mass is 19.1. The molecule has 1 aliphatic heterocycles. The van der Waals surface area contributed by atoms with Crippen molar-refractivity contribution in [3.8, 4) is 5.75 Å². The number of halogens is 3. The molecule has 1 aromatic carbocycles. The summed E-state index contributed by atoms with van der Waals surface area (Å²) in [5.41, 5.74) is -2.22. The van der Waals surface area contributed by atoms with Crippen LogP contribution in [0.2, 0.25) is 0 Å². The molecule has 7 nitrogen and oxygen atoms in total. The van der Waals surface area contributed by atoms with Crippen LogP contribution in [0.1, 0.15) is 65.1 Å². The van der Waals surface area contributed by atoms with Gasteiger partial charge in [0.2, 0.25) is 5.43 Å². The summed E-state index contributed by atoms with van der Waals surface area (Å²) in [7, 11) is 0. The highest BCUT2D eigenvalue weighted by Crippen LogP contribution is 2.39. The summed E-state index contributed by atoms with van der Waals surface area (Å²) in [4.78, 5) is 40.0. The number of rotatable bonds is 4. The molecule has 2 aliphatic rings. The Balaban J connectivity index is 1.70. The van der Waals surface area contributed by atoms with Crippen molar-refractivity contribution >= 4 is 11.8 Å². The number of nitrogens with zero attached hydrogens (tertiary/aromatic N) is 2. The van der Waals surface area contributed by atoms with Gasteiger partial charge in [-0.15, -0.1) is 0 Å². The fraction of sp³-hybridized carbons (Fsp3) is 0.409. The SMILES string of the molecule is CCN1C(=O)c2c(O)c(=O)c(C(=O)NCc3c(F)cc(F)cc3F)cn2[C@H]2CCCC[C@H]21. The second-order valence-electron chi connectivity index (χ2n) is 8.02. The van der Waals surface area contributed by atoms with Gasteiger partial charge < -0.3 is 19.9 Å². The van der Waals surface area contributed by atoms with Crippen molar-refractivity contribution in [1.29, 1.82) is 0 Å². The summed E-state index contributed by atoms with van der Waals surface area (Å²) in [6.07, 6.45) is 4.54. The Morgan fingerprint density at radius 2 is 1.75 bits per heavy atom. The Morgan fingerprint density at radius 1 is 1.12 bits per heavy atom. The van der Waals surface area contributed by atoms with Crippen LogP contribution in [0.15, 0.2) is 23.1 Å². The second kappa shape index (κ2) is 8.33. The molecule has 0 unspecified atom stereocenters. The molecule has 1 saturated carbocycles. The van der Waals surface area contributed by atoms with Gasteiger partial charge in [-0.2, -0.15) is 0 Å². The normalized spacial score (nSPS) is 20.0. The van der Waals surface area contributed by atoms with Crippen molar-refractivity contribution in [2.75, 3.05) is 6.54 Å². The molecule has 1 fully saturated rings. The number of benzene rings is 1. The molecule has 2 N–H and O–H groups in total. The molecule has 2 heterocycles. The number of amides is 2. The van der Waals surface area contributed by atoms with Gasteiger partial charge in [0.05, 0.1) is 12.1 Å². The van der Waals surface area contributed by atoms with Gasteiger partial charge in [0, 0.05) is 37.0 Å². The third-order valence-corrected chi connectivity index (χ3v) is 6.24. The molecule has 0 spiro atoms. The second-order valence-corrected chi connectivity index (χ2v) is 8.02. The van der Waals surface area contributed by atoms with Crippen molar-refractivity contribution in [2.45, 2.75) is 51.2 Å². The van der Waals surface area contributed by atoms with E-state index in [1.165, 1.54) is 10.8 Å². The van der Waals surface area contributed by atoms with Crippen molar-refractivity contribution in [2.24, 2.45) is 0 Å². The lowest BCUT2D eigenvalue weighted by Crippen LogP contribution is -2.52. The number of hydrogen-bond donors (Lipinski definition) is 2.